The van der Waals surface area contributed by atoms with Crippen LogP contribution in [0.3, 0.4) is 0 Å². The number of anilines is 1. The Bertz CT molecular complexity index is 403. The number of hydrogen-bond acceptors (Lipinski definition) is 4. The molecule has 1 N–H and O–H groups in total. The van der Waals surface area contributed by atoms with E-state index in [2.05, 4.69) is 15.3 Å². The van der Waals surface area contributed by atoms with Crippen molar-refractivity contribution < 1.29 is 4.79 Å². The molecule has 0 bridgehead atoms. The van der Waals surface area contributed by atoms with Crippen molar-refractivity contribution >= 4 is 23.5 Å². The first-order chi connectivity index (χ1) is 8.66. The topological polar surface area (TPSA) is 58.1 Å². The highest BCUT2D eigenvalue weighted by atomic mass is 35.5. The van der Waals surface area contributed by atoms with Gasteiger partial charge >= 0.3 is 0 Å². The molecule has 0 radical (unpaired) electrons. The maximum Gasteiger partial charge on any atom is 0.244 e. The number of hydrogen-bond donors (Lipinski definition) is 1. The Balaban J connectivity index is 1.92. The molecule has 5 nitrogen and oxygen atoms in total. The molecule has 1 aromatic heterocycles. The average Bonchev–Trinajstić information content (AvgIpc) is 2.41. The lowest BCUT2D eigenvalue weighted by molar-refractivity contribution is -0.132. The van der Waals surface area contributed by atoms with E-state index in [1.54, 1.807) is 0 Å². The summed E-state index contributed by atoms with van der Waals surface area (Å²) >= 11 is 5.70. The van der Waals surface area contributed by atoms with E-state index in [0.717, 1.165) is 25.9 Å². The Hall–Kier alpha value is -1.36. The van der Waals surface area contributed by atoms with E-state index in [1.165, 1.54) is 18.8 Å². The van der Waals surface area contributed by atoms with Crippen LogP contribution in [-0.4, -0.2) is 39.9 Å². The van der Waals surface area contributed by atoms with Crippen LogP contribution in [0, 0.1) is 0 Å². The highest BCUT2D eigenvalue weighted by molar-refractivity contribution is 6.30. The minimum absolute atomic E-state index is 0.105. The van der Waals surface area contributed by atoms with E-state index < -0.39 is 0 Å². The van der Waals surface area contributed by atoms with Crippen molar-refractivity contribution in [2.45, 2.75) is 32.2 Å². The van der Waals surface area contributed by atoms with Crippen LogP contribution < -0.4 is 5.32 Å². The number of piperidine rings is 1. The van der Waals surface area contributed by atoms with Crippen molar-refractivity contribution in [3.8, 4) is 0 Å². The third-order valence-electron chi connectivity index (χ3n) is 3.00. The van der Waals surface area contributed by atoms with Crippen molar-refractivity contribution in [1.82, 2.24) is 14.9 Å². The molecule has 2 rings (SSSR count). The van der Waals surface area contributed by atoms with Gasteiger partial charge in [-0.05, 0) is 26.2 Å². The number of amides is 1. The van der Waals surface area contributed by atoms with Gasteiger partial charge in [0.25, 0.3) is 0 Å². The lowest BCUT2D eigenvalue weighted by atomic mass is 10.1. The fourth-order valence-corrected chi connectivity index (χ4v) is 2.13. The average molecular weight is 269 g/mol. The summed E-state index contributed by atoms with van der Waals surface area (Å²) in [4.78, 5) is 22.1. The van der Waals surface area contributed by atoms with Gasteiger partial charge in [-0.2, -0.15) is 0 Å². The minimum atomic E-state index is -0.315. The maximum absolute atomic E-state index is 12.2. The molecule has 1 fully saturated rings. The smallest absolute Gasteiger partial charge is 0.244 e. The van der Waals surface area contributed by atoms with Crippen LogP contribution in [0.15, 0.2) is 12.4 Å². The number of nitrogens with one attached hydrogen (secondary N) is 1. The van der Waals surface area contributed by atoms with Crippen molar-refractivity contribution in [2.24, 2.45) is 0 Å². The molecular weight excluding hydrogens is 252 g/mol. The molecule has 1 atom stereocenters. The lowest BCUT2D eigenvalue weighted by Crippen LogP contribution is -2.44. The molecular formula is C12H17ClN4O. The molecule has 1 aliphatic rings. The second-order valence-electron chi connectivity index (χ2n) is 4.48. The predicted octanol–water partition coefficient (Wildman–Crippen LogP) is 1.94. The molecule has 1 saturated heterocycles. The van der Waals surface area contributed by atoms with Crippen molar-refractivity contribution in [1.29, 1.82) is 0 Å². The molecule has 98 valence electrons. The molecule has 2 heterocycles. The summed E-state index contributed by atoms with van der Waals surface area (Å²) in [6, 6.07) is -0.315. The molecule has 1 aromatic rings. The van der Waals surface area contributed by atoms with Gasteiger partial charge in [0.15, 0.2) is 0 Å². The fraction of sp³-hybridized carbons (Fsp3) is 0.583. The quantitative estimate of drug-likeness (QED) is 0.910. The second kappa shape index (κ2) is 6.00. The van der Waals surface area contributed by atoms with Crippen molar-refractivity contribution in [3.05, 3.63) is 17.4 Å². The molecule has 0 spiro atoms. The SMILES string of the molecule is CC(Nc1ncc(Cl)cn1)C(=O)N1CCCCC1. The summed E-state index contributed by atoms with van der Waals surface area (Å²) in [6.45, 7) is 3.54. The molecule has 0 aliphatic carbocycles. The van der Waals surface area contributed by atoms with Gasteiger partial charge in [-0.25, -0.2) is 9.97 Å². The first-order valence-corrected chi connectivity index (χ1v) is 6.57. The molecule has 1 unspecified atom stereocenters. The normalized spacial score (nSPS) is 17.3. The third-order valence-corrected chi connectivity index (χ3v) is 3.20. The number of halogens is 1. The van der Waals surface area contributed by atoms with E-state index in [0.29, 0.717) is 11.0 Å². The van der Waals surface area contributed by atoms with Gasteiger partial charge in [0.05, 0.1) is 17.4 Å². The van der Waals surface area contributed by atoms with Gasteiger partial charge in [0.1, 0.15) is 6.04 Å². The zero-order valence-corrected chi connectivity index (χ0v) is 11.2. The Morgan fingerprint density at radius 1 is 1.33 bits per heavy atom. The Morgan fingerprint density at radius 3 is 2.56 bits per heavy atom. The van der Waals surface area contributed by atoms with Gasteiger partial charge < -0.3 is 10.2 Å². The van der Waals surface area contributed by atoms with E-state index >= 15 is 0 Å². The zero-order valence-electron chi connectivity index (χ0n) is 10.4. The first kappa shape index (κ1) is 13.1. The maximum atomic E-state index is 12.2. The van der Waals surface area contributed by atoms with Gasteiger partial charge in [0, 0.05) is 13.1 Å². The molecule has 0 aromatic carbocycles. The van der Waals surface area contributed by atoms with Gasteiger partial charge in [-0.1, -0.05) is 11.6 Å². The Labute approximate surface area is 112 Å². The molecule has 1 aliphatic heterocycles. The van der Waals surface area contributed by atoms with Crippen molar-refractivity contribution in [2.75, 3.05) is 18.4 Å². The van der Waals surface area contributed by atoms with Crippen LogP contribution in [0.2, 0.25) is 5.02 Å². The number of nitrogens with zero attached hydrogens (tertiary/aromatic N) is 3. The molecule has 18 heavy (non-hydrogen) atoms. The number of carbonyl (C=O) groups excluding carboxylic acids is 1. The van der Waals surface area contributed by atoms with Crippen LogP contribution in [0.4, 0.5) is 5.95 Å². The molecule has 1 amide bonds. The summed E-state index contributed by atoms with van der Waals surface area (Å²) in [6.07, 6.45) is 6.42. The van der Waals surface area contributed by atoms with Crippen LogP contribution in [0.5, 0.6) is 0 Å². The number of likely N-dealkylation sites (tertiary alicyclic amines) is 1. The fourth-order valence-electron chi connectivity index (χ4n) is 2.03. The summed E-state index contributed by atoms with van der Waals surface area (Å²) in [5, 5.41) is 3.48. The largest absolute Gasteiger partial charge is 0.343 e. The Morgan fingerprint density at radius 2 is 1.94 bits per heavy atom. The number of aromatic nitrogens is 2. The second-order valence-corrected chi connectivity index (χ2v) is 4.91. The lowest BCUT2D eigenvalue weighted by Gasteiger charge is -2.29. The first-order valence-electron chi connectivity index (χ1n) is 6.19. The zero-order chi connectivity index (χ0) is 13.0. The highest BCUT2D eigenvalue weighted by Gasteiger charge is 2.22. The van der Waals surface area contributed by atoms with Crippen LogP contribution in [-0.2, 0) is 4.79 Å². The monoisotopic (exact) mass is 268 g/mol. The van der Waals surface area contributed by atoms with Crippen molar-refractivity contribution in [3.63, 3.8) is 0 Å². The molecule has 0 saturated carbocycles. The summed E-state index contributed by atoms with van der Waals surface area (Å²) in [5.74, 6) is 0.533. The van der Waals surface area contributed by atoms with E-state index in [-0.39, 0.29) is 11.9 Å². The Kier molecular flexibility index (Phi) is 4.36. The standard InChI is InChI=1S/C12H17ClN4O/c1-9(11(18)17-5-3-2-4-6-17)16-12-14-7-10(13)8-15-12/h7-9H,2-6H2,1H3,(H,14,15,16). The van der Waals surface area contributed by atoms with Gasteiger partial charge in [0.2, 0.25) is 11.9 Å². The van der Waals surface area contributed by atoms with Crippen LogP contribution in [0.25, 0.3) is 0 Å². The van der Waals surface area contributed by atoms with E-state index in [4.69, 9.17) is 11.6 Å². The van der Waals surface area contributed by atoms with E-state index in [1.807, 2.05) is 11.8 Å². The van der Waals surface area contributed by atoms with Crippen LogP contribution in [0.1, 0.15) is 26.2 Å². The number of carbonyl (C=O) groups is 1. The highest BCUT2D eigenvalue weighted by Crippen LogP contribution is 2.12. The van der Waals surface area contributed by atoms with Gasteiger partial charge in [-0.15, -0.1) is 0 Å². The summed E-state index contributed by atoms with van der Waals surface area (Å²) in [7, 11) is 0. The van der Waals surface area contributed by atoms with Crippen LogP contribution >= 0.6 is 11.6 Å². The summed E-state index contributed by atoms with van der Waals surface area (Å²) in [5.41, 5.74) is 0. The predicted molar refractivity (Wildman–Crippen MR) is 70.6 cm³/mol. The number of rotatable bonds is 3. The third kappa shape index (κ3) is 3.32. The van der Waals surface area contributed by atoms with E-state index in [9.17, 15) is 4.79 Å². The van der Waals surface area contributed by atoms with Gasteiger partial charge in [-0.3, -0.25) is 4.79 Å². The minimum Gasteiger partial charge on any atom is -0.343 e. The summed E-state index contributed by atoms with van der Waals surface area (Å²) < 4.78 is 0. The molecule has 6 heteroatoms.